The first-order valence-electron chi connectivity index (χ1n) is 11.7. The Bertz CT molecular complexity index is 1180. The van der Waals surface area contributed by atoms with Gasteiger partial charge in [-0.3, -0.25) is 4.79 Å². The maximum Gasteiger partial charge on any atom is 0.328 e. The number of amides is 1. The van der Waals surface area contributed by atoms with Gasteiger partial charge in [0.1, 0.15) is 5.75 Å². The fraction of sp³-hybridized carbons (Fsp3) is 0.241. The fourth-order valence-electron chi connectivity index (χ4n) is 4.50. The van der Waals surface area contributed by atoms with Crippen LogP contribution >= 0.6 is 0 Å². The number of aliphatic carboxylic acids is 1. The molecule has 0 heterocycles. The molecular weight excluding hydrogens is 426 g/mol. The third kappa shape index (κ3) is 5.93. The summed E-state index contributed by atoms with van der Waals surface area (Å²) in [4.78, 5) is 26.4. The van der Waals surface area contributed by atoms with Crippen molar-refractivity contribution in [1.82, 2.24) is 0 Å². The molecule has 1 aliphatic rings. The summed E-state index contributed by atoms with van der Waals surface area (Å²) in [5.41, 5.74) is 4.42. The Labute approximate surface area is 200 Å². The van der Waals surface area contributed by atoms with Crippen LogP contribution in [0.25, 0.3) is 17.2 Å². The Morgan fingerprint density at radius 1 is 0.882 bits per heavy atom. The van der Waals surface area contributed by atoms with Gasteiger partial charge in [0.15, 0.2) is 0 Å². The molecule has 0 spiro atoms. The topological polar surface area (TPSA) is 77.8 Å². The number of nitrogens with zero attached hydrogens (tertiary/aromatic N) is 1. The first kappa shape index (κ1) is 23.3. The summed E-state index contributed by atoms with van der Waals surface area (Å²) in [6, 6.07) is 22.6. The largest absolute Gasteiger partial charge is 0.508 e. The Morgan fingerprint density at radius 2 is 1.62 bits per heavy atom. The highest BCUT2D eigenvalue weighted by Gasteiger charge is 2.27. The average molecular weight is 456 g/mol. The van der Waals surface area contributed by atoms with Crippen LogP contribution in [0.2, 0.25) is 0 Å². The molecule has 34 heavy (non-hydrogen) atoms. The highest BCUT2D eigenvalue weighted by Crippen LogP contribution is 2.30. The molecule has 5 heteroatoms. The van der Waals surface area contributed by atoms with Crippen molar-refractivity contribution >= 4 is 23.6 Å². The summed E-state index contributed by atoms with van der Waals surface area (Å²) in [5, 5.41) is 18.7. The molecule has 1 amide bonds. The van der Waals surface area contributed by atoms with Gasteiger partial charge in [-0.15, -0.1) is 0 Å². The van der Waals surface area contributed by atoms with E-state index >= 15 is 0 Å². The van der Waals surface area contributed by atoms with E-state index in [0.29, 0.717) is 6.54 Å². The minimum absolute atomic E-state index is 0.0125. The number of carboxylic acids is 1. The summed E-state index contributed by atoms with van der Waals surface area (Å²) in [5.74, 6) is -0.648. The zero-order chi connectivity index (χ0) is 23.9. The number of hydrogen-bond donors (Lipinski definition) is 2. The first-order chi connectivity index (χ1) is 16.5. The van der Waals surface area contributed by atoms with Crippen LogP contribution in [-0.2, 0) is 16.1 Å². The third-order valence-corrected chi connectivity index (χ3v) is 6.29. The van der Waals surface area contributed by atoms with E-state index in [1.54, 1.807) is 18.2 Å². The minimum atomic E-state index is -1.01. The number of carbonyl (C=O) groups is 2. The first-order valence-corrected chi connectivity index (χ1v) is 11.7. The van der Waals surface area contributed by atoms with Gasteiger partial charge >= 0.3 is 5.97 Å². The molecular formula is C29H29NO4. The van der Waals surface area contributed by atoms with E-state index in [0.717, 1.165) is 59.7 Å². The highest BCUT2D eigenvalue weighted by molar-refractivity contribution is 5.95. The normalized spacial score (nSPS) is 14.2. The molecule has 174 valence electrons. The number of benzene rings is 3. The standard InChI is InChI=1S/C29H29NO4/c31-27-11-5-9-25(19-27)23-15-12-22(13-16-23)20-30(29(34)24-7-2-1-3-8-24)26-10-4-6-21(18-26)14-17-28(32)33/h4-6,9-19,24,31H,1-3,7-8,20H2,(H,32,33). The maximum absolute atomic E-state index is 13.6. The summed E-state index contributed by atoms with van der Waals surface area (Å²) in [7, 11) is 0. The maximum atomic E-state index is 13.6. The Kier molecular flexibility index (Phi) is 7.43. The molecule has 0 bridgehead atoms. The van der Waals surface area contributed by atoms with E-state index in [2.05, 4.69) is 0 Å². The van der Waals surface area contributed by atoms with Gasteiger partial charge in [-0.1, -0.05) is 67.8 Å². The van der Waals surface area contributed by atoms with Crippen molar-refractivity contribution in [2.75, 3.05) is 4.90 Å². The zero-order valence-electron chi connectivity index (χ0n) is 19.1. The van der Waals surface area contributed by atoms with Crippen LogP contribution in [0.4, 0.5) is 5.69 Å². The molecule has 0 saturated heterocycles. The minimum Gasteiger partial charge on any atom is -0.508 e. The van der Waals surface area contributed by atoms with Crippen LogP contribution in [-0.4, -0.2) is 22.1 Å². The average Bonchev–Trinajstić information content (AvgIpc) is 2.87. The van der Waals surface area contributed by atoms with E-state index in [-0.39, 0.29) is 17.6 Å². The Balaban J connectivity index is 1.61. The number of aromatic hydroxyl groups is 1. The van der Waals surface area contributed by atoms with Crippen LogP contribution in [0.15, 0.2) is 78.9 Å². The molecule has 0 aromatic heterocycles. The number of phenolic OH excluding ortho intramolecular Hbond substituents is 1. The zero-order valence-corrected chi connectivity index (χ0v) is 19.1. The number of anilines is 1. The van der Waals surface area contributed by atoms with Gasteiger partial charge in [0.2, 0.25) is 5.91 Å². The summed E-state index contributed by atoms with van der Waals surface area (Å²) in [6.45, 7) is 0.432. The summed E-state index contributed by atoms with van der Waals surface area (Å²) in [6.07, 6.45) is 7.78. The molecule has 1 aliphatic carbocycles. The lowest BCUT2D eigenvalue weighted by atomic mass is 9.88. The van der Waals surface area contributed by atoms with E-state index < -0.39 is 5.97 Å². The molecule has 0 radical (unpaired) electrons. The van der Waals surface area contributed by atoms with Crippen molar-refractivity contribution in [3.63, 3.8) is 0 Å². The number of rotatable bonds is 7. The predicted molar refractivity (Wildman–Crippen MR) is 134 cm³/mol. The molecule has 0 aliphatic heterocycles. The monoisotopic (exact) mass is 455 g/mol. The molecule has 0 unspecified atom stereocenters. The summed E-state index contributed by atoms with van der Waals surface area (Å²) >= 11 is 0. The van der Waals surface area contributed by atoms with Crippen molar-refractivity contribution in [3.05, 3.63) is 90.0 Å². The summed E-state index contributed by atoms with van der Waals surface area (Å²) < 4.78 is 0. The second-order valence-electron chi connectivity index (χ2n) is 8.77. The molecule has 5 nitrogen and oxygen atoms in total. The Hall–Kier alpha value is -3.86. The van der Waals surface area contributed by atoms with Gasteiger partial charge in [-0.2, -0.15) is 0 Å². The van der Waals surface area contributed by atoms with Crippen molar-refractivity contribution in [1.29, 1.82) is 0 Å². The lowest BCUT2D eigenvalue weighted by Crippen LogP contribution is -2.36. The molecule has 4 rings (SSSR count). The molecule has 1 saturated carbocycles. The van der Waals surface area contributed by atoms with Gasteiger partial charge in [0, 0.05) is 17.7 Å². The predicted octanol–water partition coefficient (Wildman–Crippen LogP) is 6.27. The molecule has 2 N–H and O–H groups in total. The second-order valence-corrected chi connectivity index (χ2v) is 8.77. The van der Waals surface area contributed by atoms with Gasteiger partial charge in [-0.05, 0) is 65.4 Å². The van der Waals surface area contributed by atoms with Gasteiger partial charge in [-0.25, -0.2) is 4.79 Å². The van der Waals surface area contributed by atoms with Gasteiger partial charge < -0.3 is 15.1 Å². The lowest BCUT2D eigenvalue weighted by molar-refractivity contribution is -0.131. The molecule has 3 aromatic rings. The van der Waals surface area contributed by atoms with Crippen LogP contribution in [0.5, 0.6) is 5.75 Å². The number of carbonyl (C=O) groups excluding carboxylic acids is 1. The van der Waals surface area contributed by atoms with Crippen molar-refractivity contribution < 1.29 is 19.8 Å². The Morgan fingerprint density at radius 3 is 2.32 bits per heavy atom. The van der Waals surface area contributed by atoms with E-state index in [4.69, 9.17) is 5.11 Å². The number of hydrogen-bond acceptors (Lipinski definition) is 3. The highest BCUT2D eigenvalue weighted by atomic mass is 16.4. The molecule has 3 aromatic carbocycles. The second kappa shape index (κ2) is 10.8. The van der Waals surface area contributed by atoms with E-state index in [1.165, 1.54) is 6.42 Å². The van der Waals surface area contributed by atoms with Crippen LogP contribution < -0.4 is 4.90 Å². The van der Waals surface area contributed by atoms with Gasteiger partial charge in [0.25, 0.3) is 0 Å². The SMILES string of the molecule is O=C(O)C=Cc1cccc(N(Cc2ccc(-c3cccc(O)c3)cc2)C(=O)C2CCCCC2)c1. The van der Waals surface area contributed by atoms with Crippen LogP contribution in [0.1, 0.15) is 43.2 Å². The fourth-order valence-corrected chi connectivity index (χ4v) is 4.50. The van der Waals surface area contributed by atoms with Crippen LogP contribution in [0, 0.1) is 5.92 Å². The quantitative estimate of drug-likeness (QED) is 0.412. The molecule has 1 fully saturated rings. The van der Waals surface area contributed by atoms with Crippen molar-refractivity contribution in [3.8, 4) is 16.9 Å². The molecule has 0 atom stereocenters. The van der Waals surface area contributed by atoms with Crippen LogP contribution in [0.3, 0.4) is 0 Å². The van der Waals surface area contributed by atoms with E-state index in [9.17, 15) is 14.7 Å². The van der Waals surface area contributed by atoms with Crippen molar-refractivity contribution in [2.45, 2.75) is 38.6 Å². The number of phenols is 1. The third-order valence-electron chi connectivity index (χ3n) is 6.29. The lowest BCUT2D eigenvalue weighted by Gasteiger charge is -2.30. The smallest absolute Gasteiger partial charge is 0.328 e. The van der Waals surface area contributed by atoms with Crippen molar-refractivity contribution in [2.24, 2.45) is 5.92 Å². The number of carboxylic acid groups (broad SMARTS) is 1. The van der Waals surface area contributed by atoms with E-state index in [1.807, 2.05) is 65.6 Å². The van der Waals surface area contributed by atoms with Gasteiger partial charge in [0.05, 0.1) is 6.54 Å².